The van der Waals surface area contributed by atoms with Gasteiger partial charge in [-0.1, -0.05) is 0 Å². The van der Waals surface area contributed by atoms with Crippen LogP contribution in [0.4, 0.5) is 9.59 Å². The van der Waals surface area contributed by atoms with E-state index in [1.54, 1.807) is 24.3 Å². The molecule has 0 radical (unpaired) electrons. The van der Waals surface area contributed by atoms with E-state index in [0.29, 0.717) is 36.2 Å². The molecule has 2 fully saturated rings. The molecule has 9 heteroatoms. The fourth-order valence-corrected chi connectivity index (χ4v) is 4.47. The fraction of sp³-hybridized carbons (Fsp3) is 0.591. The number of fused-ring (bicyclic) bond motifs is 2. The standard InChI is InChI=1S/C22H31N5O4/c1-3-24-21(28)27-12-17-8-18(13-27)11-26(10-17)14-19(25-22(29)30-2)15-31-20-6-4-16(9-23)5-7-20/h4-7,17-19H,3,8,10-15H2,1-2H3,(H,24,28)(H,25,29)/t17?,18?,19-/m0/s1. The second-order valence-electron chi connectivity index (χ2n) is 8.21. The third-order valence-electron chi connectivity index (χ3n) is 5.69. The maximum Gasteiger partial charge on any atom is 0.407 e. The number of carbonyl (C=O) groups excluding carboxylic acids is 2. The zero-order chi connectivity index (χ0) is 22.2. The summed E-state index contributed by atoms with van der Waals surface area (Å²) in [5, 5.41) is 14.7. The number of hydrogen-bond acceptors (Lipinski definition) is 6. The summed E-state index contributed by atoms with van der Waals surface area (Å²) in [7, 11) is 1.34. The van der Waals surface area contributed by atoms with Crippen molar-refractivity contribution in [3.8, 4) is 11.8 Å². The van der Waals surface area contributed by atoms with E-state index in [0.717, 1.165) is 32.6 Å². The van der Waals surface area contributed by atoms with Gasteiger partial charge in [0.2, 0.25) is 0 Å². The summed E-state index contributed by atoms with van der Waals surface area (Å²) in [6, 6.07) is 8.74. The first kappa shape index (κ1) is 22.7. The van der Waals surface area contributed by atoms with Gasteiger partial charge in [-0.15, -0.1) is 0 Å². The maximum atomic E-state index is 12.2. The van der Waals surface area contributed by atoms with E-state index in [4.69, 9.17) is 14.7 Å². The Morgan fingerprint density at radius 1 is 1.19 bits per heavy atom. The third kappa shape index (κ3) is 6.49. The lowest BCUT2D eigenvalue weighted by molar-refractivity contribution is 0.0385. The summed E-state index contributed by atoms with van der Waals surface area (Å²) in [5.41, 5.74) is 0.568. The zero-order valence-corrected chi connectivity index (χ0v) is 18.2. The summed E-state index contributed by atoms with van der Waals surface area (Å²) < 4.78 is 10.6. The third-order valence-corrected chi connectivity index (χ3v) is 5.69. The largest absolute Gasteiger partial charge is 0.491 e. The number of rotatable bonds is 7. The van der Waals surface area contributed by atoms with Crippen LogP contribution in [0.2, 0.25) is 0 Å². The monoisotopic (exact) mass is 429 g/mol. The number of alkyl carbamates (subject to hydrolysis) is 1. The van der Waals surface area contributed by atoms with Gasteiger partial charge in [0.1, 0.15) is 12.4 Å². The first-order chi connectivity index (χ1) is 15.0. The Balaban J connectivity index is 1.56. The molecule has 2 unspecified atom stereocenters. The second-order valence-corrected chi connectivity index (χ2v) is 8.21. The van der Waals surface area contributed by atoms with Gasteiger partial charge in [-0.25, -0.2) is 9.59 Å². The number of nitrogens with one attached hydrogen (secondary N) is 2. The van der Waals surface area contributed by atoms with Crippen LogP contribution < -0.4 is 15.4 Å². The molecule has 2 N–H and O–H groups in total. The van der Waals surface area contributed by atoms with Crippen LogP contribution in [0.1, 0.15) is 18.9 Å². The number of methoxy groups -OCH3 is 1. The summed E-state index contributed by atoms with van der Waals surface area (Å²) in [4.78, 5) is 28.3. The van der Waals surface area contributed by atoms with Crippen LogP contribution in [0.15, 0.2) is 24.3 Å². The minimum absolute atomic E-state index is 0.0201. The van der Waals surface area contributed by atoms with Gasteiger partial charge in [0.25, 0.3) is 0 Å². The molecule has 3 amide bonds. The quantitative estimate of drug-likeness (QED) is 0.683. The van der Waals surface area contributed by atoms with Gasteiger partial charge in [-0.3, -0.25) is 0 Å². The smallest absolute Gasteiger partial charge is 0.407 e. The molecule has 0 saturated carbocycles. The summed E-state index contributed by atoms with van der Waals surface area (Å²) in [5.74, 6) is 1.49. The van der Waals surface area contributed by atoms with Gasteiger partial charge in [-0.05, 0) is 49.4 Å². The van der Waals surface area contributed by atoms with Gasteiger partial charge >= 0.3 is 12.1 Å². The lowest BCUT2D eigenvalue weighted by Crippen LogP contribution is -2.58. The van der Waals surface area contributed by atoms with E-state index in [2.05, 4.69) is 21.6 Å². The average molecular weight is 430 g/mol. The van der Waals surface area contributed by atoms with E-state index in [1.165, 1.54) is 7.11 Å². The number of benzene rings is 1. The number of nitrogens with zero attached hydrogens (tertiary/aromatic N) is 3. The number of likely N-dealkylation sites (tertiary alicyclic amines) is 2. The van der Waals surface area contributed by atoms with E-state index in [9.17, 15) is 9.59 Å². The highest BCUT2D eigenvalue weighted by Gasteiger charge is 2.36. The van der Waals surface area contributed by atoms with Crippen molar-refractivity contribution < 1.29 is 19.1 Å². The van der Waals surface area contributed by atoms with E-state index in [-0.39, 0.29) is 18.7 Å². The number of nitriles is 1. The van der Waals surface area contributed by atoms with Gasteiger partial charge < -0.3 is 29.9 Å². The summed E-state index contributed by atoms with van der Waals surface area (Å²) in [6.07, 6.45) is 0.636. The van der Waals surface area contributed by atoms with E-state index < -0.39 is 6.09 Å². The first-order valence-electron chi connectivity index (χ1n) is 10.7. The van der Waals surface area contributed by atoms with Gasteiger partial charge in [0, 0.05) is 39.3 Å². The maximum absolute atomic E-state index is 12.2. The molecule has 2 heterocycles. The number of amides is 3. The van der Waals surface area contributed by atoms with Crippen molar-refractivity contribution >= 4 is 12.1 Å². The summed E-state index contributed by atoms with van der Waals surface area (Å²) >= 11 is 0. The second kappa shape index (κ2) is 10.9. The Kier molecular flexibility index (Phi) is 7.95. The molecule has 0 spiro atoms. The van der Waals surface area contributed by atoms with Crippen molar-refractivity contribution in [2.45, 2.75) is 19.4 Å². The van der Waals surface area contributed by atoms with Gasteiger partial charge in [0.15, 0.2) is 0 Å². The molecule has 2 bridgehead atoms. The van der Waals surface area contributed by atoms with Crippen LogP contribution in [0.25, 0.3) is 0 Å². The predicted molar refractivity (Wildman–Crippen MR) is 115 cm³/mol. The van der Waals surface area contributed by atoms with Crippen molar-refractivity contribution in [2.24, 2.45) is 11.8 Å². The number of hydrogen-bond donors (Lipinski definition) is 2. The van der Waals surface area contributed by atoms with Crippen LogP contribution in [-0.4, -0.2) is 81.0 Å². The first-order valence-corrected chi connectivity index (χ1v) is 10.7. The van der Waals surface area contributed by atoms with Crippen molar-refractivity contribution in [3.63, 3.8) is 0 Å². The number of carbonyl (C=O) groups is 2. The molecule has 0 aromatic heterocycles. The van der Waals surface area contributed by atoms with Crippen LogP contribution >= 0.6 is 0 Å². The van der Waals surface area contributed by atoms with Gasteiger partial charge in [-0.2, -0.15) is 5.26 Å². The minimum Gasteiger partial charge on any atom is -0.491 e. The average Bonchev–Trinajstić information content (AvgIpc) is 2.77. The topological polar surface area (TPSA) is 107 Å². The molecule has 2 saturated heterocycles. The van der Waals surface area contributed by atoms with Crippen LogP contribution in [0.5, 0.6) is 5.75 Å². The van der Waals surface area contributed by atoms with E-state index >= 15 is 0 Å². The Morgan fingerprint density at radius 3 is 2.45 bits per heavy atom. The fourth-order valence-electron chi connectivity index (χ4n) is 4.47. The van der Waals surface area contributed by atoms with Crippen molar-refractivity contribution in [1.82, 2.24) is 20.4 Å². The Labute approximate surface area is 183 Å². The Hall–Kier alpha value is -2.99. The number of urea groups is 1. The van der Waals surface area contributed by atoms with Crippen molar-refractivity contribution in [3.05, 3.63) is 29.8 Å². The van der Waals surface area contributed by atoms with E-state index in [1.807, 2.05) is 11.8 Å². The number of ether oxygens (including phenoxy) is 2. The SMILES string of the molecule is CCNC(=O)N1CC2CC(CN(C[C@@H](COc3ccc(C#N)cc3)NC(=O)OC)C2)C1. The molecule has 1 aromatic rings. The molecule has 168 valence electrons. The molecule has 3 atom stereocenters. The molecule has 31 heavy (non-hydrogen) atoms. The molecule has 2 aliphatic heterocycles. The lowest BCUT2D eigenvalue weighted by Gasteiger charge is -2.46. The molecular weight excluding hydrogens is 398 g/mol. The highest BCUT2D eigenvalue weighted by molar-refractivity contribution is 5.74. The Morgan fingerprint density at radius 2 is 1.87 bits per heavy atom. The predicted octanol–water partition coefficient (Wildman–Crippen LogP) is 1.64. The molecule has 2 aliphatic rings. The highest BCUT2D eigenvalue weighted by atomic mass is 16.5. The normalized spacial score (nSPS) is 21.5. The molecule has 1 aromatic carbocycles. The molecule has 3 rings (SSSR count). The minimum atomic E-state index is -0.493. The van der Waals surface area contributed by atoms with Crippen LogP contribution in [0, 0.1) is 23.2 Å². The van der Waals surface area contributed by atoms with Crippen LogP contribution in [0.3, 0.4) is 0 Å². The van der Waals surface area contributed by atoms with Crippen molar-refractivity contribution in [2.75, 3.05) is 53.0 Å². The molecule has 0 aliphatic carbocycles. The zero-order valence-electron chi connectivity index (χ0n) is 18.2. The highest BCUT2D eigenvalue weighted by Crippen LogP contribution is 2.28. The van der Waals surface area contributed by atoms with Crippen molar-refractivity contribution in [1.29, 1.82) is 5.26 Å². The lowest BCUT2D eigenvalue weighted by atomic mass is 9.84. The number of piperidine rings is 2. The summed E-state index contributed by atoms with van der Waals surface area (Å²) in [6.45, 7) is 6.77. The van der Waals surface area contributed by atoms with Gasteiger partial charge in [0.05, 0.1) is 24.8 Å². The molecular formula is C22H31N5O4. The molecule has 9 nitrogen and oxygen atoms in total. The Bertz CT molecular complexity index is 780. The van der Waals surface area contributed by atoms with Crippen LogP contribution in [-0.2, 0) is 4.74 Å².